The maximum absolute atomic E-state index is 13.7. The molecule has 4 aromatic rings. The van der Waals surface area contributed by atoms with Gasteiger partial charge in [-0.1, -0.05) is 89.4 Å². The summed E-state index contributed by atoms with van der Waals surface area (Å²) in [5.74, 6) is 6.79. The Hall–Kier alpha value is -4.92. The van der Waals surface area contributed by atoms with Gasteiger partial charge in [0.25, 0.3) is 5.91 Å². The van der Waals surface area contributed by atoms with Crippen molar-refractivity contribution >= 4 is 11.6 Å². The molecular formula is C40H49N5O3. The number of benzene rings is 3. The normalized spacial score (nSPS) is 13.9. The Bertz CT molecular complexity index is 1700. The van der Waals surface area contributed by atoms with Crippen molar-refractivity contribution in [2.45, 2.75) is 92.2 Å². The van der Waals surface area contributed by atoms with E-state index in [2.05, 4.69) is 64.6 Å². The number of hydrogen-bond acceptors (Lipinski definition) is 7. The van der Waals surface area contributed by atoms with Gasteiger partial charge in [0.1, 0.15) is 6.07 Å². The molecule has 0 radical (unpaired) electrons. The van der Waals surface area contributed by atoms with Crippen molar-refractivity contribution in [2.24, 2.45) is 0 Å². The zero-order valence-electron chi connectivity index (χ0n) is 29.2. The number of hydrogen-bond donors (Lipinski definition) is 2. The van der Waals surface area contributed by atoms with E-state index in [0.717, 1.165) is 25.7 Å². The number of carbonyl (C=O) groups is 1. The molecule has 5 rings (SSSR count). The second-order valence-electron chi connectivity index (χ2n) is 11.2. The molecule has 0 saturated carbocycles. The van der Waals surface area contributed by atoms with Gasteiger partial charge in [-0.05, 0) is 68.0 Å². The highest BCUT2D eigenvalue weighted by Crippen LogP contribution is 2.34. The maximum atomic E-state index is 13.7. The fourth-order valence-corrected chi connectivity index (χ4v) is 5.47. The van der Waals surface area contributed by atoms with Crippen LogP contribution in [0.5, 0.6) is 0 Å². The fourth-order valence-electron chi connectivity index (χ4n) is 5.47. The van der Waals surface area contributed by atoms with Gasteiger partial charge in [0.15, 0.2) is 0 Å². The summed E-state index contributed by atoms with van der Waals surface area (Å²) in [6.45, 7) is 12.9. The predicted molar refractivity (Wildman–Crippen MR) is 193 cm³/mol. The van der Waals surface area contributed by atoms with Gasteiger partial charge in [-0.2, -0.15) is 5.26 Å². The number of likely N-dealkylation sites (tertiary alicyclic amines) is 1. The molecule has 1 saturated heterocycles. The Kier molecular flexibility index (Phi) is 15.4. The lowest BCUT2D eigenvalue weighted by molar-refractivity contribution is 0.0766. The number of nitrogens with zero attached hydrogens (tertiary/aromatic N) is 4. The van der Waals surface area contributed by atoms with E-state index >= 15 is 0 Å². The molecule has 8 nitrogen and oxygen atoms in total. The van der Waals surface area contributed by atoms with E-state index in [1.807, 2.05) is 69.0 Å². The first-order valence-corrected chi connectivity index (χ1v) is 17.1. The van der Waals surface area contributed by atoms with Crippen LogP contribution in [0.4, 0.5) is 5.69 Å². The van der Waals surface area contributed by atoms with E-state index in [4.69, 9.17) is 4.42 Å². The number of nitrogens with one attached hydrogen (secondary N) is 1. The molecule has 1 aliphatic heterocycles. The standard InChI is InChI=1S/C30H33N5O3.C8H10.C2H6/c1-4-9-23-11-8-14-35(23)30(37)22-16-20(15-21(17-22)29-34-33-28(6-3)38-29)25-12-7-13-27(26(25)18-31)32-19-24(36)10-5-2;1-2-8-6-4-3-5-7-8;1-2/h7,12-13,15-17,23-24,32,36H,5-6,8,10-11,14,19H2,1-3H3;3-7H,2H2,1H3;1-2H3. The second-order valence-corrected chi connectivity index (χ2v) is 11.2. The Morgan fingerprint density at radius 2 is 1.79 bits per heavy atom. The molecule has 0 bridgehead atoms. The first-order valence-electron chi connectivity index (χ1n) is 17.1. The summed E-state index contributed by atoms with van der Waals surface area (Å²) in [5, 5.41) is 31.8. The highest BCUT2D eigenvalue weighted by molar-refractivity contribution is 5.98. The molecule has 1 aliphatic rings. The summed E-state index contributed by atoms with van der Waals surface area (Å²) < 4.78 is 5.82. The van der Waals surface area contributed by atoms with E-state index in [0.29, 0.717) is 71.2 Å². The van der Waals surface area contributed by atoms with Crippen LogP contribution in [0.25, 0.3) is 22.6 Å². The van der Waals surface area contributed by atoms with E-state index in [9.17, 15) is 15.2 Å². The topological polar surface area (TPSA) is 115 Å². The third-order valence-corrected chi connectivity index (χ3v) is 7.91. The van der Waals surface area contributed by atoms with Gasteiger partial charge < -0.3 is 19.7 Å². The molecule has 8 heteroatoms. The largest absolute Gasteiger partial charge is 0.421 e. The Morgan fingerprint density at radius 1 is 1.04 bits per heavy atom. The monoisotopic (exact) mass is 647 g/mol. The summed E-state index contributed by atoms with van der Waals surface area (Å²) in [7, 11) is 0. The molecule has 2 atom stereocenters. The number of aryl methyl sites for hydroxylation is 2. The van der Waals surface area contributed by atoms with Gasteiger partial charge in [0, 0.05) is 36.2 Å². The highest BCUT2D eigenvalue weighted by Gasteiger charge is 2.29. The zero-order chi connectivity index (χ0) is 34.9. The predicted octanol–water partition coefficient (Wildman–Crippen LogP) is 8.31. The molecule has 1 amide bonds. The van der Waals surface area contributed by atoms with Crippen molar-refractivity contribution in [1.82, 2.24) is 15.1 Å². The first kappa shape index (κ1) is 37.5. The van der Waals surface area contributed by atoms with Gasteiger partial charge in [-0.3, -0.25) is 4.79 Å². The van der Waals surface area contributed by atoms with Crippen LogP contribution in [0.1, 0.15) is 94.6 Å². The number of anilines is 1. The number of carbonyl (C=O) groups excluding carboxylic acids is 1. The summed E-state index contributed by atoms with van der Waals surface area (Å²) in [5.41, 5.74) is 4.90. The summed E-state index contributed by atoms with van der Waals surface area (Å²) in [6.07, 6.45) is 4.52. The van der Waals surface area contributed by atoms with E-state index < -0.39 is 6.10 Å². The minimum absolute atomic E-state index is 0.119. The van der Waals surface area contributed by atoms with Crippen molar-refractivity contribution in [2.75, 3.05) is 18.4 Å². The average Bonchev–Trinajstić information content (AvgIpc) is 3.82. The van der Waals surface area contributed by atoms with E-state index in [-0.39, 0.29) is 11.9 Å². The molecule has 0 aliphatic carbocycles. The van der Waals surface area contributed by atoms with Gasteiger partial charge in [0.05, 0.1) is 23.4 Å². The lowest BCUT2D eigenvalue weighted by Crippen LogP contribution is -2.34. The summed E-state index contributed by atoms with van der Waals surface area (Å²) >= 11 is 0. The SMILES string of the molecule is CC.CC#CC1CCCN1C(=O)c1cc(-c2nnc(CC)o2)cc(-c2cccc(NCC(O)CCC)c2C#N)c1.CCc1ccccc1. The molecule has 2 N–H and O–H groups in total. The van der Waals surface area contributed by atoms with Crippen LogP contribution < -0.4 is 5.32 Å². The third-order valence-electron chi connectivity index (χ3n) is 7.91. The van der Waals surface area contributed by atoms with Gasteiger partial charge >= 0.3 is 0 Å². The maximum Gasteiger partial charge on any atom is 0.254 e. The van der Waals surface area contributed by atoms with Crippen molar-refractivity contribution in [3.05, 3.63) is 89.3 Å². The lowest BCUT2D eigenvalue weighted by atomic mass is 9.94. The fraction of sp³-hybridized carbons (Fsp3) is 0.400. The number of aliphatic hydroxyl groups excluding tert-OH is 1. The minimum atomic E-state index is -0.507. The summed E-state index contributed by atoms with van der Waals surface area (Å²) in [6, 6.07) is 23.6. The van der Waals surface area contributed by atoms with Gasteiger partial charge in [0.2, 0.25) is 11.8 Å². The molecule has 252 valence electrons. The number of amides is 1. The molecule has 2 unspecified atom stereocenters. The van der Waals surface area contributed by atoms with Crippen molar-refractivity contribution in [3.8, 4) is 40.5 Å². The Labute approximate surface area is 286 Å². The Balaban J connectivity index is 0.000000540. The van der Waals surface area contributed by atoms with Gasteiger partial charge in [-0.15, -0.1) is 16.1 Å². The van der Waals surface area contributed by atoms with Crippen LogP contribution in [0.15, 0.2) is 71.1 Å². The van der Waals surface area contributed by atoms with E-state index in [1.165, 1.54) is 5.56 Å². The van der Waals surface area contributed by atoms with E-state index in [1.54, 1.807) is 13.0 Å². The zero-order valence-corrected chi connectivity index (χ0v) is 29.2. The molecule has 3 aromatic carbocycles. The quantitative estimate of drug-likeness (QED) is 0.166. The number of nitriles is 1. The third kappa shape index (κ3) is 10.0. The number of aliphatic hydroxyl groups is 1. The highest BCUT2D eigenvalue weighted by atomic mass is 16.4. The first-order chi connectivity index (χ1) is 23.4. The molecular weight excluding hydrogens is 598 g/mol. The van der Waals surface area contributed by atoms with Crippen LogP contribution >= 0.6 is 0 Å². The van der Waals surface area contributed by atoms with Gasteiger partial charge in [-0.25, -0.2) is 0 Å². The van der Waals surface area contributed by atoms with Crippen molar-refractivity contribution in [1.29, 1.82) is 5.26 Å². The van der Waals surface area contributed by atoms with Crippen molar-refractivity contribution < 1.29 is 14.3 Å². The van der Waals surface area contributed by atoms with Crippen LogP contribution in [0, 0.1) is 23.2 Å². The molecule has 2 heterocycles. The van der Waals surface area contributed by atoms with Crippen LogP contribution in [-0.4, -0.2) is 51.3 Å². The van der Waals surface area contributed by atoms with Crippen LogP contribution in [0.2, 0.25) is 0 Å². The Morgan fingerprint density at radius 3 is 2.42 bits per heavy atom. The smallest absolute Gasteiger partial charge is 0.254 e. The second kappa shape index (κ2) is 19.7. The van der Waals surface area contributed by atoms with Crippen LogP contribution in [-0.2, 0) is 12.8 Å². The summed E-state index contributed by atoms with van der Waals surface area (Å²) in [4.78, 5) is 15.5. The lowest BCUT2D eigenvalue weighted by Gasteiger charge is -2.21. The number of rotatable bonds is 10. The molecule has 1 fully saturated rings. The van der Waals surface area contributed by atoms with Crippen LogP contribution in [0.3, 0.4) is 0 Å². The molecule has 0 spiro atoms. The molecule has 1 aromatic heterocycles. The number of aromatic nitrogens is 2. The average molecular weight is 648 g/mol. The minimum Gasteiger partial charge on any atom is -0.421 e. The molecule has 48 heavy (non-hydrogen) atoms. The van der Waals surface area contributed by atoms with Crippen molar-refractivity contribution in [3.63, 3.8) is 0 Å².